The van der Waals surface area contributed by atoms with Crippen LogP contribution >= 0.6 is 11.6 Å². The predicted octanol–water partition coefficient (Wildman–Crippen LogP) is 3.81. The third-order valence-corrected chi connectivity index (χ3v) is 4.30. The zero-order valence-electron chi connectivity index (χ0n) is 15.8. The number of hydrogen-bond donors (Lipinski definition) is 2. The van der Waals surface area contributed by atoms with Crippen LogP contribution in [0.1, 0.15) is 36.7 Å². The molecule has 2 N–H and O–H groups in total. The Kier molecular flexibility index (Phi) is 7.67. The zero-order valence-corrected chi connectivity index (χ0v) is 16.5. The monoisotopic (exact) mass is 388 g/mol. The minimum atomic E-state index is -0.628. The number of rotatable bonds is 8. The van der Waals surface area contributed by atoms with E-state index in [9.17, 15) is 9.59 Å². The lowest BCUT2D eigenvalue weighted by atomic mass is 10.0. The number of ether oxygens (including phenoxy) is 1. The van der Waals surface area contributed by atoms with Gasteiger partial charge in [0, 0.05) is 17.1 Å². The van der Waals surface area contributed by atoms with E-state index in [1.54, 1.807) is 36.4 Å². The van der Waals surface area contributed by atoms with E-state index in [0.717, 1.165) is 5.56 Å². The van der Waals surface area contributed by atoms with Gasteiger partial charge < -0.3 is 15.4 Å². The average molecular weight is 389 g/mol. The SMILES string of the molecule is CCOc1ccc(C(=O)N[C@@H](C(=O)NCc2ccc(Cl)cc2)C(C)C)cc1. The number of carbonyl (C=O) groups is 2. The minimum absolute atomic E-state index is 0.0538. The van der Waals surface area contributed by atoms with Gasteiger partial charge in [-0.1, -0.05) is 37.6 Å². The summed E-state index contributed by atoms with van der Waals surface area (Å²) < 4.78 is 5.38. The van der Waals surface area contributed by atoms with Crippen molar-refractivity contribution < 1.29 is 14.3 Å². The first-order valence-electron chi connectivity index (χ1n) is 8.96. The van der Waals surface area contributed by atoms with E-state index in [2.05, 4.69) is 10.6 Å². The Morgan fingerprint density at radius 1 is 1.04 bits per heavy atom. The molecule has 0 aromatic heterocycles. The molecule has 2 amide bonds. The van der Waals surface area contributed by atoms with Crippen LogP contribution in [-0.4, -0.2) is 24.5 Å². The van der Waals surface area contributed by atoms with Crippen molar-refractivity contribution in [3.63, 3.8) is 0 Å². The molecule has 2 rings (SSSR count). The Labute approximate surface area is 165 Å². The quantitative estimate of drug-likeness (QED) is 0.722. The van der Waals surface area contributed by atoms with Crippen molar-refractivity contribution in [1.29, 1.82) is 0 Å². The molecule has 0 saturated heterocycles. The number of amides is 2. The summed E-state index contributed by atoms with van der Waals surface area (Å²) in [6.07, 6.45) is 0. The highest BCUT2D eigenvalue weighted by atomic mass is 35.5. The van der Waals surface area contributed by atoms with Crippen LogP contribution in [0.25, 0.3) is 0 Å². The van der Waals surface area contributed by atoms with E-state index in [0.29, 0.717) is 29.5 Å². The average Bonchev–Trinajstić information content (AvgIpc) is 2.66. The van der Waals surface area contributed by atoms with Gasteiger partial charge in [-0.3, -0.25) is 9.59 Å². The molecule has 0 aliphatic carbocycles. The molecule has 1 atom stereocenters. The van der Waals surface area contributed by atoms with Crippen LogP contribution in [0.15, 0.2) is 48.5 Å². The van der Waals surface area contributed by atoms with E-state index < -0.39 is 6.04 Å². The fourth-order valence-electron chi connectivity index (χ4n) is 2.53. The Hall–Kier alpha value is -2.53. The molecule has 0 heterocycles. The van der Waals surface area contributed by atoms with Gasteiger partial charge in [0.05, 0.1) is 6.61 Å². The van der Waals surface area contributed by atoms with Gasteiger partial charge in [-0.25, -0.2) is 0 Å². The molecular weight excluding hydrogens is 364 g/mol. The van der Waals surface area contributed by atoms with Crippen LogP contribution in [0.2, 0.25) is 5.02 Å². The molecule has 27 heavy (non-hydrogen) atoms. The topological polar surface area (TPSA) is 67.4 Å². The fraction of sp³-hybridized carbons (Fsp3) is 0.333. The highest BCUT2D eigenvalue weighted by Gasteiger charge is 2.24. The second-order valence-corrected chi connectivity index (χ2v) is 6.93. The summed E-state index contributed by atoms with van der Waals surface area (Å²) in [6, 6.07) is 13.5. The number of benzene rings is 2. The van der Waals surface area contributed by atoms with Gasteiger partial charge in [-0.2, -0.15) is 0 Å². The van der Waals surface area contributed by atoms with E-state index in [4.69, 9.17) is 16.3 Å². The molecule has 0 fully saturated rings. The van der Waals surface area contributed by atoms with E-state index in [1.807, 2.05) is 32.9 Å². The predicted molar refractivity (Wildman–Crippen MR) is 107 cm³/mol. The van der Waals surface area contributed by atoms with Gasteiger partial charge in [-0.15, -0.1) is 0 Å². The van der Waals surface area contributed by atoms with E-state index >= 15 is 0 Å². The lowest BCUT2D eigenvalue weighted by Gasteiger charge is -2.22. The summed E-state index contributed by atoms with van der Waals surface area (Å²) in [5, 5.41) is 6.33. The van der Waals surface area contributed by atoms with Crippen molar-refractivity contribution in [3.05, 3.63) is 64.7 Å². The highest BCUT2D eigenvalue weighted by Crippen LogP contribution is 2.13. The lowest BCUT2D eigenvalue weighted by Crippen LogP contribution is -2.49. The van der Waals surface area contributed by atoms with E-state index in [1.165, 1.54) is 0 Å². The maximum Gasteiger partial charge on any atom is 0.251 e. The first-order chi connectivity index (χ1) is 12.9. The minimum Gasteiger partial charge on any atom is -0.494 e. The third-order valence-electron chi connectivity index (χ3n) is 4.04. The van der Waals surface area contributed by atoms with Crippen molar-refractivity contribution in [3.8, 4) is 5.75 Å². The summed E-state index contributed by atoms with van der Waals surface area (Å²) in [5.41, 5.74) is 1.42. The van der Waals surface area contributed by atoms with Crippen LogP contribution in [0, 0.1) is 5.92 Å². The molecule has 0 bridgehead atoms. The first-order valence-corrected chi connectivity index (χ1v) is 9.34. The summed E-state index contributed by atoms with van der Waals surface area (Å²) in [6.45, 7) is 6.62. The second kappa shape index (κ2) is 9.97. The molecule has 0 aliphatic heterocycles. The normalized spacial score (nSPS) is 11.7. The van der Waals surface area contributed by atoms with Crippen molar-refractivity contribution in [1.82, 2.24) is 10.6 Å². The molecule has 144 valence electrons. The number of nitrogens with one attached hydrogen (secondary N) is 2. The molecule has 0 radical (unpaired) electrons. The molecule has 2 aromatic carbocycles. The van der Waals surface area contributed by atoms with Crippen LogP contribution in [0.3, 0.4) is 0 Å². The Balaban J connectivity index is 1.97. The molecule has 6 heteroatoms. The molecule has 2 aromatic rings. The summed E-state index contributed by atoms with van der Waals surface area (Å²) >= 11 is 5.87. The van der Waals surface area contributed by atoms with Gasteiger partial charge in [0.1, 0.15) is 11.8 Å². The molecule has 0 unspecified atom stereocenters. The molecule has 0 saturated carbocycles. The Morgan fingerprint density at radius 2 is 1.67 bits per heavy atom. The zero-order chi connectivity index (χ0) is 19.8. The standard InChI is InChI=1S/C21H25ClN2O3/c1-4-27-18-11-7-16(8-12-18)20(25)24-19(14(2)3)21(26)23-13-15-5-9-17(22)10-6-15/h5-12,14,19H,4,13H2,1-3H3,(H,23,26)(H,24,25)/t19-/m1/s1. The smallest absolute Gasteiger partial charge is 0.251 e. The van der Waals surface area contributed by atoms with Gasteiger partial charge in [0.2, 0.25) is 5.91 Å². The molecule has 0 aliphatic rings. The largest absolute Gasteiger partial charge is 0.494 e. The Bertz CT molecular complexity index is 758. The van der Waals surface area contributed by atoms with Crippen LogP contribution in [0.4, 0.5) is 0 Å². The number of hydrogen-bond acceptors (Lipinski definition) is 3. The maximum atomic E-state index is 12.6. The van der Waals surface area contributed by atoms with Gasteiger partial charge in [-0.05, 0) is 54.8 Å². The molecule has 0 spiro atoms. The number of halogens is 1. The lowest BCUT2D eigenvalue weighted by molar-refractivity contribution is -0.124. The van der Waals surface area contributed by atoms with Crippen molar-refractivity contribution in [2.45, 2.75) is 33.4 Å². The first kappa shape index (κ1) is 20.8. The number of carbonyl (C=O) groups excluding carboxylic acids is 2. The summed E-state index contributed by atoms with van der Waals surface area (Å²) in [5.74, 6) is 0.134. The van der Waals surface area contributed by atoms with Gasteiger partial charge in [0.15, 0.2) is 0 Å². The molecular formula is C21H25ClN2O3. The van der Waals surface area contributed by atoms with Crippen molar-refractivity contribution in [2.75, 3.05) is 6.61 Å². The van der Waals surface area contributed by atoms with Crippen LogP contribution < -0.4 is 15.4 Å². The molecule has 5 nitrogen and oxygen atoms in total. The van der Waals surface area contributed by atoms with Crippen molar-refractivity contribution >= 4 is 23.4 Å². The van der Waals surface area contributed by atoms with E-state index in [-0.39, 0.29) is 17.7 Å². The van der Waals surface area contributed by atoms with Crippen molar-refractivity contribution in [2.24, 2.45) is 5.92 Å². The van der Waals surface area contributed by atoms with Crippen LogP contribution in [0.5, 0.6) is 5.75 Å². The Morgan fingerprint density at radius 3 is 2.22 bits per heavy atom. The van der Waals surface area contributed by atoms with Gasteiger partial charge >= 0.3 is 0 Å². The van der Waals surface area contributed by atoms with Gasteiger partial charge in [0.25, 0.3) is 5.91 Å². The third kappa shape index (κ3) is 6.29. The summed E-state index contributed by atoms with van der Waals surface area (Å²) in [4.78, 5) is 25.1. The maximum absolute atomic E-state index is 12.6. The highest BCUT2D eigenvalue weighted by molar-refractivity contribution is 6.30. The van der Waals surface area contributed by atoms with Crippen LogP contribution in [-0.2, 0) is 11.3 Å². The second-order valence-electron chi connectivity index (χ2n) is 6.50. The fourth-order valence-corrected chi connectivity index (χ4v) is 2.66. The summed E-state index contributed by atoms with van der Waals surface area (Å²) in [7, 11) is 0.